The molecule has 1 aliphatic rings. The van der Waals surface area contributed by atoms with E-state index in [2.05, 4.69) is 15.0 Å². The fourth-order valence-corrected chi connectivity index (χ4v) is 7.69. The quantitative estimate of drug-likeness (QED) is 0.114. The molecule has 14 nitrogen and oxygen atoms in total. The molecule has 0 unspecified atom stereocenters. The van der Waals surface area contributed by atoms with Crippen LogP contribution in [-0.2, 0) is 35.3 Å². The number of nitrogens with zero attached hydrogens (tertiary/aromatic N) is 7. The van der Waals surface area contributed by atoms with Gasteiger partial charge in [0.1, 0.15) is 46.7 Å². The highest BCUT2D eigenvalue weighted by atomic mass is 35.5. The van der Waals surface area contributed by atoms with E-state index in [0.29, 0.717) is 47.2 Å². The molecule has 4 heterocycles. The number of imide groups is 1. The summed E-state index contributed by atoms with van der Waals surface area (Å²) in [5.41, 5.74) is -0.800. The highest BCUT2D eigenvalue weighted by Crippen LogP contribution is 2.45. The lowest BCUT2D eigenvalue weighted by Crippen LogP contribution is -2.45. The molecule has 2 amide bonds. The van der Waals surface area contributed by atoms with Crippen LogP contribution in [0.4, 0.5) is 40.2 Å². The van der Waals surface area contributed by atoms with Gasteiger partial charge in [-0.2, -0.15) is 23.1 Å². The van der Waals surface area contributed by atoms with E-state index in [1.54, 1.807) is 72.8 Å². The molecule has 18 heteroatoms. The maximum atomic E-state index is 15.2. The molecule has 6 aromatic rings. The lowest BCUT2D eigenvalue weighted by atomic mass is 9.99. The first-order valence-electron chi connectivity index (χ1n) is 21.3. The minimum Gasteiger partial charge on any atom is -0.497 e. The summed E-state index contributed by atoms with van der Waals surface area (Å²) in [6.07, 6.45) is -5.37. The molecule has 0 aliphatic carbocycles. The summed E-state index contributed by atoms with van der Waals surface area (Å²) in [4.78, 5) is 50.1. The van der Waals surface area contributed by atoms with Crippen LogP contribution < -0.4 is 28.9 Å². The number of benzene rings is 3. The second-order valence-electron chi connectivity index (χ2n) is 17.8. The van der Waals surface area contributed by atoms with E-state index in [4.69, 9.17) is 40.3 Å². The van der Waals surface area contributed by atoms with Crippen molar-refractivity contribution in [3.63, 3.8) is 0 Å². The van der Waals surface area contributed by atoms with Crippen LogP contribution in [0.5, 0.6) is 17.2 Å². The van der Waals surface area contributed by atoms with Crippen molar-refractivity contribution in [3.8, 4) is 28.5 Å². The number of ether oxygens (including phenoxy) is 5. The van der Waals surface area contributed by atoms with Crippen molar-refractivity contribution in [2.75, 3.05) is 42.1 Å². The normalized spacial score (nSPS) is 12.8. The third kappa shape index (κ3) is 11.4. The summed E-state index contributed by atoms with van der Waals surface area (Å²) >= 11 is 6.62. The molecule has 0 bridgehead atoms. The summed E-state index contributed by atoms with van der Waals surface area (Å²) in [6.45, 7) is 12.3. The first-order chi connectivity index (χ1) is 31.6. The van der Waals surface area contributed by atoms with Gasteiger partial charge in [0.2, 0.25) is 5.28 Å². The number of alkyl halides is 3. The molecule has 0 atom stereocenters. The average Bonchev–Trinajstić information content (AvgIpc) is 3.41. The standard InChI is InChI=1S/C49H51ClF3N7O7/c1-29-23-38(59(26-30-12-16-34(63-8)17-13-30)27-31-14-18-35(64-9)19-15-31)56-41(40(29)49(51,52)53)33-24-36-39-37(25-33)65-22-21-58(43(39)57-44(50)55-36)28-32-11-10-20-54-42(32)60(45(61)66-47(2,3)4)46(62)67-48(5,6)7/h10-20,23-25H,21-22,26-28H2,1-9H3. The Morgan fingerprint density at radius 3 is 1.93 bits per heavy atom. The van der Waals surface area contributed by atoms with E-state index in [-0.39, 0.29) is 58.9 Å². The number of pyridine rings is 2. The van der Waals surface area contributed by atoms with Crippen molar-refractivity contribution in [3.05, 3.63) is 118 Å². The molecule has 3 aromatic carbocycles. The van der Waals surface area contributed by atoms with Crippen LogP contribution >= 0.6 is 11.6 Å². The molecular formula is C49H51ClF3N7O7. The van der Waals surface area contributed by atoms with E-state index < -0.39 is 35.1 Å². The fourth-order valence-electron chi connectivity index (χ4n) is 7.51. The topological polar surface area (TPSA) is 142 Å². The predicted molar refractivity (Wildman–Crippen MR) is 249 cm³/mol. The van der Waals surface area contributed by atoms with Crippen molar-refractivity contribution in [1.82, 2.24) is 19.9 Å². The van der Waals surface area contributed by atoms with E-state index in [1.807, 2.05) is 53.4 Å². The molecule has 0 radical (unpaired) electrons. The van der Waals surface area contributed by atoms with Gasteiger partial charge in [-0.15, -0.1) is 0 Å². The number of methoxy groups -OCH3 is 2. The van der Waals surface area contributed by atoms with Crippen LogP contribution in [0.1, 0.15) is 69.4 Å². The summed E-state index contributed by atoms with van der Waals surface area (Å²) in [6, 6.07) is 22.6. The van der Waals surface area contributed by atoms with E-state index in [1.165, 1.54) is 31.3 Å². The number of rotatable bonds is 11. The Balaban J connectivity index is 1.33. The summed E-state index contributed by atoms with van der Waals surface area (Å²) < 4.78 is 74.0. The van der Waals surface area contributed by atoms with Gasteiger partial charge in [-0.05, 0) is 125 Å². The molecule has 67 heavy (non-hydrogen) atoms. The highest BCUT2D eigenvalue weighted by Gasteiger charge is 2.39. The number of hydrogen-bond donors (Lipinski definition) is 0. The molecule has 352 valence electrons. The third-order valence-corrected chi connectivity index (χ3v) is 10.5. The molecule has 0 N–H and O–H groups in total. The number of anilines is 3. The number of aromatic nitrogens is 4. The van der Waals surface area contributed by atoms with Gasteiger partial charge in [0.15, 0.2) is 5.82 Å². The molecule has 0 fully saturated rings. The molecule has 0 saturated heterocycles. The fraction of sp³-hybridized carbons (Fsp3) is 0.347. The first-order valence-corrected chi connectivity index (χ1v) is 21.7. The van der Waals surface area contributed by atoms with Crippen LogP contribution in [0, 0.1) is 6.92 Å². The average molecular weight is 942 g/mol. The van der Waals surface area contributed by atoms with Gasteiger partial charge in [0.05, 0.1) is 42.9 Å². The summed E-state index contributed by atoms with van der Waals surface area (Å²) in [5.74, 6) is 2.07. The van der Waals surface area contributed by atoms with Gasteiger partial charge in [0.25, 0.3) is 0 Å². The molecule has 3 aromatic heterocycles. The Morgan fingerprint density at radius 1 is 0.806 bits per heavy atom. The lowest BCUT2D eigenvalue weighted by molar-refractivity contribution is -0.137. The Labute approximate surface area is 391 Å². The minimum atomic E-state index is -4.80. The van der Waals surface area contributed by atoms with Crippen LogP contribution in [0.25, 0.3) is 22.2 Å². The number of hydrogen-bond acceptors (Lipinski definition) is 13. The molecule has 0 saturated carbocycles. The van der Waals surface area contributed by atoms with Crippen LogP contribution in [0.2, 0.25) is 5.28 Å². The lowest BCUT2D eigenvalue weighted by Gasteiger charge is -2.30. The summed E-state index contributed by atoms with van der Waals surface area (Å²) in [7, 11) is 3.14. The van der Waals surface area contributed by atoms with E-state index >= 15 is 13.2 Å². The van der Waals surface area contributed by atoms with Gasteiger partial charge < -0.3 is 33.5 Å². The zero-order chi connectivity index (χ0) is 48.4. The molecule has 0 spiro atoms. The summed E-state index contributed by atoms with van der Waals surface area (Å²) in [5, 5.41) is 0.182. The maximum Gasteiger partial charge on any atom is 0.425 e. The van der Waals surface area contributed by atoms with E-state index in [9.17, 15) is 9.59 Å². The van der Waals surface area contributed by atoms with Gasteiger partial charge in [0, 0.05) is 37.0 Å². The van der Waals surface area contributed by atoms with Crippen LogP contribution in [-0.4, -0.2) is 70.7 Å². The number of amides is 2. The Morgan fingerprint density at radius 2 is 1.39 bits per heavy atom. The van der Waals surface area contributed by atoms with Crippen molar-refractivity contribution >= 4 is 52.1 Å². The van der Waals surface area contributed by atoms with Crippen molar-refractivity contribution < 1.29 is 46.4 Å². The van der Waals surface area contributed by atoms with Crippen molar-refractivity contribution in [2.45, 2.75) is 85.5 Å². The van der Waals surface area contributed by atoms with Gasteiger partial charge in [-0.1, -0.05) is 30.3 Å². The highest BCUT2D eigenvalue weighted by molar-refractivity contribution is 6.29. The van der Waals surface area contributed by atoms with Crippen molar-refractivity contribution in [2.24, 2.45) is 0 Å². The van der Waals surface area contributed by atoms with E-state index in [0.717, 1.165) is 16.0 Å². The number of aryl methyl sites for hydroxylation is 1. The Hall–Kier alpha value is -6.88. The zero-order valence-electron chi connectivity index (χ0n) is 38.6. The third-order valence-electron chi connectivity index (χ3n) is 10.4. The van der Waals surface area contributed by atoms with Crippen molar-refractivity contribution in [1.29, 1.82) is 0 Å². The second kappa shape index (κ2) is 19.1. The molecule has 7 rings (SSSR count). The first kappa shape index (κ1) is 48.1. The van der Waals surface area contributed by atoms with Crippen LogP contribution in [0.15, 0.2) is 85.1 Å². The van der Waals surface area contributed by atoms with Gasteiger partial charge in [-0.3, -0.25) is 0 Å². The number of carbonyl (C=O) groups excluding carboxylic acids is 2. The number of halogens is 4. The van der Waals surface area contributed by atoms with Crippen LogP contribution in [0.3, 0.4) is 0 Å². The number of carbonyl (C=O) groups is 2. The maximum absolute atomic E-state index is 15.2. The molecule has 1 aliphatic heterocycles. The molecular weight excluding hydrogens is 891 g/mol. The minimum absolute atomic E-state index is 0.0114. The van der Waals surface area contributed by atoms with Gasteiger partial charge in [-0.25, -0.2) is 24.5 Å². The Kier molecular flexibility index (Phi) is 13.7. The smallest absolute Gasteiger partial charge is 0.425 e. The van der Waals surface area contributed by atoms with Gasteiger partial charge >= 0.3 is 18.4 Å². The Bertz CT molecular complexity index is 2700. The monoisotopic (exact) mass is 941 g/mol. The second-order valence-corrected chi connectivity index (χ2v) is 18.1. The SMILES string of the molecule is COc1ccc(CN(Cc2ccc(OC)cc2)c2cc(C)c(C(F)(F)F)c(-c3cc4c5c(nc(Cl)nc5c3)N(Cc3cccnc3N(C(=O)OC(C)(C)C)C(=O)OC(C)(C)C)CCO4)n2)cc1. The largest absolute Gasteiger partial charge is 0.497 e. The predicted octanol–water partition coefficient (Wildman–Crippen LogP) is 11.4. The zero-order valence-corrected chi connectivity index (χ0v) is 39.4.